The van der Waals surface area contributed by atoms with Gasteiger partial charge in [0.25, 0.3) is 0 Å². The maximum atomic E-state index is 12.7. The Morgan fingerprint density at radius 2 is 1.82 bits per heavy atom. The van der Waals surface area contributed by atoms with E-state index in [4.69, 9.17) is 5.10 Å². The third-order valence-electron chi connectivity index (χ3n) is 5.05. The minimum Gasteiger partial charge on any atom is -0.341 e. The van der Waals surface area contributed by atoms with Crippen LogP contribution in [0.5, 0.6) is 0 Å². The van der Waals surface area contributed by atoms with E-state index in [2.05, 4.69) is 17.4 Å². The molecule has 1 N–H and O–H groups in total. The zero-order valence-electron chi connectivity index (χ0n) is 15.9. The van der Waals surface area contributed by atoms with Crippen LogP contribution in [0.15, 0.2) is 66.9 Å². The fourth-order valence-electron chi connectivity index (χ4n) is 3.59. The van der Waals surface area contributed by atoms with Crippen molar-refractivity contribution >= 4 is 18.3 Å². The molecule has 0 bridgehead atoms. The monoisotopic (exact) mass is 396 g/mol. The first kappa shape index (κ1) is 20.1. The molecule has 28 heavy (non-hydrogen) atoms. The van der Waals surface area contributed by atoms with Crippen molar-refractivity contribution in [3.05, 3.63) is 72.4 Å². The Morgan fingerprint density at radius 1 is 1.14 bits per heavy atom. The molecule has 4 rings (SSSR count). The molecule has 1 aliphatic heterocycles. The minimum atomic E-state index is 0. The van der Waals surface area contributed by atoms with Crippen molar-refractivity contribution in [1.82, 2.24) is 20.0 Å². The molecule has 3 aromatic rings. The van der Waals surface area contributed by atoms with Gasteiger partial charge in [-0.05, 0) is 25.1 Å². The molecule has 146 valence electrons. The van der Waals surface area contributed by atoms with E-state index in [0.29, 0.717) is 6.54 Å². The van der Waals surface area contributed by atoms with E-state index in [1.165, 1.54) is 0 Å². The molecule has 5 nitrogen and oxygen atoms in total. The second kappa shape index (κ2) is 9.04. The van der Waals surface area contributed by atoms with E-state index < -0.39 is 0 Å². The number of para-hydroxylation sites is 1. The van der Waals surface area contributed by atoms with Crippen molar-refractivity contribution in [1.29, 1.82) is 0 Å². The average molecular weight is 397 g/mol. The summed E-state index contributed by atoms with van der Waals surface area (Å²) < 4.78 is 1.90. The highest BCUT2D eigenvalue weighted by Crippen LogP contribution is 2.25. The summed E-state index contributed by atoms with van der Waals surface area (Å²) >= 11 is 0. The summed E-state index contributed by atoms with van der Waals surface area (Å²) in [5.74, 6) is 0.283. The zero-order valence-corrected chi connectivity index (χ0v) is 16.7. The van der Waals surface area contributed by atoms with Crippen molar-refractivity contribution in [3.63, 3.8) is 0 Å². The third kappa shape index (κ3) is 4.26. The number of halogens is 1. The lowest BCUT2D eigenvalue weighted by Crippen LogP contribution is -2.33. The molecule has 2 heterocycles. The molecule has 1 aromatic heterocycles. The predicted octanol–water partition coefficient (Wildman–Crippen LogP) is 3.53. The van der Waals surface area contributed by atoms with Crippen LogP contribution in [0.2, 0.25) is 0 Å². The molecular formula is C22H25ClN4O. The SMILES string of the molecule is CN(Cc1cn(-c2ccccc2)nc1-c1ccccc1)C(=O)C1CCNC1.Cl. The second-order valence-corrected chi connectivity index (χ2v) is 7.03. The summed E-state index contributed by atoms with van der Waals surface area (Å²) in [6.07, 6.45) is 2.95. The van der Waals surface area contributed by atoms with Crippen LogP contribution in [-0.2, 0) is 11.3 Å². The van der Waals surface area contributed by atoms with Crippen molar-refractivity contribution < 1.29 is 4.79 Å². The molecule has 1 fully saturated rings. The van der Waals surface area contributed by atoms with E-state index in [-0.39, 0.29) is 24.2 Å². The number of nitrogens with one attached hydrogen (secondary N) is 1. The lowest BCUT2D eigenvalue weighted by Gasteiger charge is -2.20. The molecule has 1 amide bonds. The smallest absolute Gasteiger partial charge is 0.227 e. The number of benzene rings is 2. The van der Waals surface area contributed by atoms with Gasteiger partial charge in [0, 0.05) is 37.5 Å². The Labute approximate surface area is 171 Å². The molecule has 1 aliphatic rings. The first-order valence-corrected chi connectivity index (χ1v) is 9.37. The van der Waals surface area contributed by atoms with Gasteiger partial charge in [-0.15, -0.1) is 12.4 Å². The van der Waals surface area contributed by atoms with Crippen LogP contribution >= 0.6 is 12.4 Å². The molecule has 1 unspecified atom stereocenters. The maximum Gasteiger partial charge on any atom is 0.227 e. The summed E-state index contributed by atoms with van der Waals surface area (Å²) in [6.45, 7) is 2.25. The van der Waals surface area contributed by atoms with Crippen molar-refractivity contribution in [2.75, 3.05) is 20.1 Å². The number of hydrogen-bond acceptors (Lipinski definition) is 3. The first-order chi connectivity index (χ1) is 13.2. The third-order valence-corrected chi connectivity index (χ3v) is 5.05. The Bertz CT molecular complexity index is 905. The van der Waals surface area contributed by atoms with E-state index in [9.17, 15) is 4.79 Å². The van der Waals surface area contributed by atoms with Crippen LogP contribution in [0.4, 0.5) is 0 Å². The van der Waals surface area contributed by atoms with Gasteiger partial charge < -0.3 is 10.2 Å². The molecule has 0 aliphatic carbocycles. The molecule has 2 aromatic carbocycles. The van der Waals surface area contributed by atoms with Gasteiger partial charge in [-0.3, -0.25) is 4.79 Å². The molecular weight excluding hydrogens is 372 g/mol. The highest BCUT2D eigenvalue weighted by atomic mass is 35.5. The quantitative estimate of drug-likeness (QED) is 0.717. The highest BCUT2D eigenvalue weighted by Gasteiger charge is 2.26. The van der Waals surface area contributed by atoms with Crippen LogP contribution < -0.4 is 5.32 Å². The summed E-state index contributed by atoms with van der Waals surface area (Å²) in [4.78, 5) is 14.6. The lowest BCUT2D eigenvalue weighted by atomic mass is 10.1. The Morgan fingerprint density at radius 3 is 2.46 bits per heavy atom. The van der Waals surface area contributed by atoms with Gasteiger partial charge >= 0.3 is 0 Å². The van der Waals surface area contributed by atoms with E-state index in [0.717, 1.165) is 42.0 Å². The number of rotatable bonds is 5. The van der Waals surface area contributed by atoms with Gasteiger partial charge in [-0.25, -0.2) is 4.68 Å². The molecule has 0 saturated carbocycles. The fourth-order valence-corrected chi connectivity index (χ4v) is 3.59. The Kier molecular flexibility index (Phi) is 6.49. The number of amides is 1. The van der Waals surface area contributed by atoms with Crippen LogP contribution in [0, 0.1) is 5.92 Å². The predicted molar refractivity (Wildman–Crippen MR) is 114 cm³/mol. The normalized spacial score (nSPS) is 15.8. The van der Waals surface area contributed by atoms with Crippen molar-refractivity contribution in [3.8, 4) is 16.9 Å². The minimum absolute atomic E-state index is 0. The number of hydrogen-bond donors (Lipinski definition) is 1. The lowest BCUT2D eigenvalue weighted by molar-refractivity contribution is -0.134. The van der Waals surface area contributed by atoms with Crippen LogP contribution in [0.25, 0.3) is 16.9 Å². The number of carbonyl (C=O) groups excluding carboxylic acids is 1. The summed E-state index contributed by atoms with van der Waals surface area (Å²) in [5, 5.41) is 8.10. The second-order valence-electron chi connectivity index (χ2n) is 7.03. The van der Waals surface area contributed by atoms with E-state index in [1.54, 1.807) is 0 Å². The standard InChI is InChI=1S/C22H24N4O.ClH/c1-25(22(27)18-12-13-23-14-18)15-19-16-26(20-10-6-3-7-11-20)24-21(19)17-8-4-2-5-9-17;/h2-11,16,18,23H,12-15H2,1H3;1H. The van der Waals surface area contributed by atoms with E-state index >= 15 is 0 Å². The first-order valence-electron chi connectivity index (χ1n) is 9.37. The average Bonchev–Trinajstić information content (AvgIpc) is 3.39. The summed E-state index contributed by atoms with van der Waals surface area (Å²) in [7, 11) is 1.88. The maximum absolute atomic E-state index is 12.7. The van der Waals surface area contributed by atoms with Crippen molar-refractivity contribution in [2.24, 2.45) is 5.92 Å². The fraction of sp³-hybridized carbons (Fsp3) is 0.273. The number of aromatic nitrogens is 2. The Hall–Kier alpha value is -2.63. The van der Waals surface area contributed by atoms with Gasteiger partial charge in [0.1, 0.15) is 0 Å². The Balaban J connectivity index is 0.00000225. The molecule has 6 heteroatoms. The number of nitrogens with zero attached hydrogens (tertiary/aromatic N) is 3. The zero-order chi connectivity index (χ0) is 18.6. The van der Waals surface area contributed by atoms with Crippen LogP contribution in [0.1, 0.15) is 12.0 Å². The van der Waals surface area contributed by atoms with Gasteiger partial charge in [0.15, 0.2) is 0 Å². The van der Waals surface area contributed by atoms with Gasteiger partial charge in [0.2, 0.25) is 5.91 Å². The molecule has 1 saturated heterocycles. The molecule has 1 atom stereocenters. The van der Waals surface area contributed by atoms with Crippen molar-refractivity contribution in [2.45, 2.75) is 13.0 Å². The van der Waals surface area contributed by atoms with Crippen LogP contribution in [0.3, 0.4) is 0 Å². The van der Waals surface area contributed by atoms with Gasteiger partial charge in [-0.1, -0.05) is 48.5 Å². The number of carbonyl (C=O) groups is 1. The van der Waals surface area contributed by atoms with Crippen LogP contribution in [-0.4, -0.2) is 40.7 Å². The largest absolute Gasteiger partial charge is 0.341 e. The van der Waals surface area contributed by atoms with E-state index in [1.807, 2.05) is 71.4 Å². The van der Waals surface area contributed by atoms with Gasteiger partial charge in [-0.2, -0.15) is 5.10 Å². The molecule has 0 radical (unpaired) electrons. The van der Waals surface area contributed by atoms with Gasteiger partial charge in [0.05, 0.1) is 17.3 Å². The molecule has 0 spiro atoms. The topological polar surface area (TPSA) is 50.2 Å². The highest BCUT2D eigenvalue weighted by molar-refractivity contribution is 5.85. The summed E-state index contributed by atoms with van der Waals surface area (Å²) in [5.41, 5.74) is 4.04. The summed E-state index contributed by atoms with van der Waals surface area (Å²) in [6, 6.07) is 20.2.